The molecular weight excluding hydrogens is 372 g/mol. The molecule has 3 aromatic rings. The number of rotatable bonds is 4. The Labute approximate surface area is 176 Å². The lowest BCUT2D eigenvalue weighted by Crippen LogP contribution is -2.33. The van der Waals surface area contributed by atoms with E-state index < -0.39 is 0 Å². The van der Waals surface area contributed by atoms with Crippen LogP contribution in [0.25, 0.3) is 5.57 Å². The quantitative estimate of drug-likeness (QED) is 0.608. The van der Waals surface area contributed by atoms with Crippen molar-refractivity contribution in [2.24, 2.45) is 0 Å². The molecule has 1 aliphatic heterocycles. The minimum atomic E-state index is -0.343. The molecule has 30 heavy (non-hydrogen) atoms. The van der Waals surface area contributed by atoms with Gasteiger partial charge >= 0.3 is 0 Å². The van der Waals surface area contributed by atoms with Crippen molar-refractivity contribution in [2.45, 2.75) is 27.7 Å². The third-order valence-corrected chi connectivity index (χ3v) is 5.52. The van der Waals surface area contributed by atoms with E-state index in [1.54, 1.807) is 0 Å². The van der Waals surface area contributed by atoms with Gasteiger partial charge in [0.25, 0.3) is 11.8 Å². The van der Waals surface area contributed by atoms with Gasteiger partial charge in [0.05, 0.1) is 11.3 Å². The molecule has 1 aliphatic rings. The lowest BCUT2D eigenvalue weighted by molar-refractivity contribution is -0.120. The molecule has 0 atom stereocenters. The van der Waals surface area contributed by atoms with Gasteiger partial charge in [-0.3, -0.25) is 9.59 Å². The first-order valence-electron chi connectivity index (χ1n) is 9.97. The summed E-state index contributed by atoms with van der Waals surface area (Å²) < 4.78 is 0. The van der Waals surface area contributed by atoms with Crippen LogP contribution in [0.1, 0.15) is 27.8 Å². The second kappa shape index (κ2) is 7.64. The molecule has 0 aromatic heterocycles. The van der Waals surface area contributed by atoms with E-state index in [0.717, 1.165) is 27.9 Å². The molecule has 0 aliphatic carbocycles. The molecule has 0 saturated heterocycles. The number of hydrogen-bond acceptors (Lipinski definition) is 3. The Hall–Kier alpha value is -3.66. The van der Waals surface area contributed by atoms with E-state index in [1.165, 1.54) is 10.5 Å². The van der Waals surface area contributed by atoms with Crippen LogP contribution in [0.3, 0.4) is 0 Å². The molecule has 1 N–H and O–H groups in total. The van der Waals surface area contributed by atoms with E-state index in [0.29, 0.717) is 17.0 Å². The fraction of sp³-hybridized carbons (Fsp3) is 0.154. The van der Waals surface area contributed by atoms with E-state index in [4.69, 9.17) is 0 Å². The van der Waals surface area contributed by atoms with Crippen LogP contribution >= 0.6 is 0 Å². The van der Waals surface area contributed by atoms with Crippen LogP contribution in [0, 0.1) is 27.7 Å². The summed E-state index contributed by atoms with van der Waals surface area (Å²) in [5.41, 5.74) is 7.05. The van der Waals surface area contributed by atoms with Crippen LogP contribution in [-0.2, 0) is 9.59 Å². The molecule has 3 aromatic carbocycles. The number of anilines is 2. The van der Waals surface area contributed by atoms with Crippen LogP contribution < -0.4 is 10.2 Å². The zero-order chi connectivity index (χ0) is 21.4. The van der Waals surface area contributed by atoms with Crippen molar-refractivity contribution < 1.29 is 9.59 Å². The zero-order valence-electron chi connectivity index (χ0n) is 17.6. The molecule has 0 saturated carbocycles. The van der Waals surface area contributed by atoms with Crippen molar-refractivity contribution in [3.8, 4) is 0 Å². The van der Waals surface area contributed by atoms with Crippen LogP contribution in [-0.4, -0.2) is 11.8 Å². The molecule has 4 nitrogen and oxygen atoms in total. The fourth-order valence-corrected chi connectivity index (χ4v) is 3.76. The average Bonchev–Trinajstić information content (AvgIpc) is 2.95. The second-order valence-corrected chi connectivity index (χ2v) is 7.78. The van der Waals surface area contributed by atoms with E-state index in [9.17, 15) is 9.59 Å². The third-order valence-electron chi connectivity index (χ3n) is 5.52. The summed E-state index contributed by atoms with van der Waals surface area (Å²) in [5.74, 6) is -0.659. The largest absolute Gasteiger partial charge is 0.350 e. The lowest BCUT2D eigenvalue weighted by atomic mass is 10.0. The van der Waals surface area contributed by atoms with Gasteiger partial charge < -0.3 is 5.32 Å². The number of nitrogens with one attached hydrogen (secondary N) is 1. The number of hydrogen-bond donors (Lipinski definition) is 1. The molecule has 4 heteroatoms. The van der Waals surface area contributed by atoms with E-state index in [1.807, 2.05) is 94.4 Å². The minimum absolute atomic E-state index is 0.300. The van der Waals surface area contributed by atoms with Crippen molar-refractivity contribution in [3.63, 3.8) is 0 Å². The summed E-state index contributed by atoms with van der Waals surface area (Å²) in [6, 6.07) is 21.0. The highest BCUT2D eigenvalue weighted by Crippen LogP contribution is 2.35. The highest BCUT2D eigenvalue weighted by Gasteiger charge is 2.40. The first-order chi connectivity index (χ1) is 14.4. The molecule has 0 bridgehead atoms. The fourth-order valence-electron chi connectivity index (χ4n) is 3.76. The first-order valence-corrected chi connectivity index (χ1v) is 9.97. The Kier molecular flexibility index (Phi) is 5.00. The van der Waals surface area contributed by atoms with Gasteiger partial charge in [-0.05, 0) is 68.1 Å². The molecule has 2 amide bonds. The molecular formula is C26H24N2O2. The Bertz CT molecular complexity index is 1190. The molecule has 4 rings (SSSR count). The van der Waals surface area contributed by atoms with Gasteiger partial charge in [-0.15, -0.1) is 0 Å². The molecule has 0 unspecified atom stereocenters. The van der Waals surface area contributed by atoms with Gasteiger partial charge in [0, 0.05) is 5.69 Å². The van der Waals surface area contributed by atoms with Crippen molar-refractivity contribution >= 4 is 28.8 Å². The maximum absolute atomic E-state index is 13.5. The molecule has 0 spiro atoms. The van der Waals surface area contributed by atoms with Gasteiger partial charge in [-0.2, -0.15) is 0 Å². The Morgan fingerprint density at radius 2 is 1.43 bits per heavy atom. The lowest BCUT2D eigenvalue weighted by Gasteiger charge is -2.18. The van der Waals surface area contributed by atoms with E-state index in [2.05, 4.69) is 5.32 Å². The molecule has 150 valence electrons. The minimum Gasteiger partial charge on any atom is -0.350 e. The van der Waals surface area contributed by atoms with Crippen molar-refractivity contribution in [1.29, 1.82) is 0 Å². The smallest absolute Gasteiger partial charge is 0.282 e. The van der Waals surface area contributed by atoms with Crippen molar-refractivity contribution in [2.75, 3.05) is 10.2 Å². The number of carbonyl (C=O) groups excluding carboxylic acids is 2. The third kappa shape index (κ3) is 3.41. The maximum Gasteiger partial charge on any atom is 0.282 e. The predicted molar refractivity (Wildman–Crippen MR) is 121 cm³/mol. The SMILES string of the molecule is Cc1ccc(N2C(=O)C(Nc3ccc(C)c(C)c3)=C(c3ccccc3)C2=O)c(C)c1. The molecule has 0 fully saturated rings. The Morgan fingerprint density at radius 1 is 0.700 bits per heavy atom. The number of aryl methyl sites for hydroxylation is 4. The molecule has 0 radical (unpaired) electrons. The normalized spacial score (nSPS) is 13.9. The summed E-state index contributed by atoms with van der Waals surface area (Å²) in [4.78, 5) is 28.2. The topological polar surface area (TPSA) is 49.4 Å². The highest BCUT2D eigenvalue weighted by atomic mass is 16.2. The summed E-state index contributed by atoms with van der Waals surface area (Å²) in [7, 11) is 0. The Morgan fingerprint density at radius 3 is 2.10 bits per heavy atom. The van der Waals surface area contributed by atoms with Crippen molar-refractivity contribution in [1.82, 2.24) is 0 Å². The summed E-state index contributed by atoms with van der Waals surface area (Å²) in [6.45, 7) is 7.97. The van der Waals surface area contributed by atoms with Crippen molar-refractivity contribution in [3.05, 3.63) is 100 Å². The number of imide groups is 1. The second-order valence-electron chi connectivity index (χ2n) is 7.78. The number of amides is 2. The average molecular weight is 396 g/mol. The highest BCUT2D eigenvalue weighted by molar-refractivity contribution is 6.46. The van der Waals surface area contributed by atoms with Gasteiger partial charge in [0.1, 0.15) is 5.70 Å². The van der Waals surface area contributed by atoms with E-state index in [-0.39, 0.29) is 11.8 Å². The number of benzene rings is 3. The number of carbonyl (C=O) groups is 2. The summed E-state index contributed by atoms with van der Waals surface area (Å²) >= 11 is 0. The summed E-state index contributed by atoms with van der Waals surface area (Å²) in [6.07, 6.45) is 0. The van der Waals surface area contributed by atoms with Crippen LogP contribution in [0.4, 0.5) is 11.4 Å². The Balaban J connectivity index is 1.83. The predicted octanol–water partition coefficient (Wildman–Crippen LogP) is 5.32. The standard InChI is InChI=1S/C26H24N2O2/c1-16-10-13-22(19(4)14-16)28-25(29)23(20-8-6-5-7-9-20)24(26(28)30)27-21-12-11-17(2)18(3)15-21/h5-15,27H,1-4H3. The first kappa shape index (κ1) is 19.6. The summed E-state index contributed by atoms with van der Waals surface area (Å²) in [5, 5.41) is 3.24. The van der Waals surface area contributed by atoms with Gasteiger partial charge in [-0.25, -0.2) is 4.90 Å². The molecule has 1 heterocycles. The van der Waals surface area contributed by atoms with Crippen LogP contribution in [0.2, 0.25) is 0 Å². The number of nitrogens with zero attached hydrogens (tertiary/aromatic N) is 1. The zero-order valence-corrected chi connectivity index (χ0v) is 17.6. The maximum atomic E-state index is 13.5. The van der Waals surface area contributed by atoms with Gasteiger partial charge in [-0.1, -0.05) is 54.1 Å². The van der Waals surface area contributed by atoms with Crippen LogP contribution in [0.15, 0.2) is 72.4 Å². The van der Waals surface area contributed by atoms with Gasteiger partial charge in [0.15, 0.2) is 0 Å². The van der Waals surface area contributed by atoms with Crippen LogP contribution in [0.5, 0.6) is 0 Å². The van der Waals surface area contributed by atoms with Gasteiger partial charge in [0.2, 0.25) is 0 Å². The van der Waals surface area contributed by atoms with E-state index >= 15 is 0 Å². The monoisotopic (exact) mass is 396 g/mol.